The van der Waals surface area contributed by atoms with E-state index in [0.29, 0.717) is 12.8 Å². The first-order valence-corrected chi connectivity index (χ1v) is 2.81. The molecule has 0 atom stereocenters. The van der Waals surface area contributed by atoms with Crippen LogP contribution < -0.4 is 0 Å². The van der Waals surface area contributed by atoms with Crippen molar-refractivity contribution in [2.75, 3.05) is 0 Å². The number of hydrogen-bond acceptors (Lipinski definition) is 0. The van der Waals surface area contributed by atoms with Gasteiger partial charge < -0.3 is 0 Å². The fourth-order valence-electron chi connectivity index (χ4n) is 0.448. The highest BCUT2D eigenvalue weighted by molar-refractivity contribution is 4.71. The highest BCUT2D eigenvalue weighted by atomic mass is 19.1. The predicted octanol–water partition coefficient (Wildman–Crippen LogP) is 2.70. The largest absolute Gasteiger partial charge is 0.240 e. The van der Waals surface area contributed by atoms with E-state index in [1.54, 1.807) is 0 Å². The zero-order valence-corrected chi connectivity index (χ0v) is 5.00. The van der Waals surface area contributed by atoms with Crippen LogP contribution >= 0.6 is 0 Å². The standard InChI is InChI=1S/C6H12F/c1-3-5-6(7)4-2/h3-5H2,1-2H3. The van der Waals surface area contributed by atoms with Crippen LogP contribution in [0.1, 0.15) is 33.1 Å². The normalized spacial score (nSPS) is 10.3. The molecule has 0 saturated heterocycles. The van der Waals surface area contributed by atoms with Crippen LogP contribution in [0.15, 0.2) is 0 Å². The highest BCUT2D eigenvalue weighted by Crippen LogP contribution is 2.12. The quantitative estimate of drug-likeness (QED) is 0.515. The second-order valence-electron chi connectivity index (χ2n) is 1.62. The second kappa shape index (κ2) is 4.10. The summed E-state index contributed by atoms with van der Waals surface area (Å²) in [5.74, 6) is 0. The SMILES string of the molecule is CCC[C](F)CC. The predicted molar refractivity (Wildman–Crippen MR) is 29.5 cm³/mol. The topological polar surface area (TPSA) is 0 Å². The Labute approximate surface area is 44.7 Å². The molecule has 1 heteroatoms. The molecule has 0 aliphatic carbocycles. The third-order valence-electron chi connectivity index (χ3n) is 0.905. The van der Waals surface area contributed by atoms with Crippen LogP contribution in [0.25, 0.3) is 0 Å². The molecule has 0 unspecified atom stereocenters. The molecule has 0 aromatic rings. The van der Waals surface area contributed by atoms with Crippen molar-refractivity contribution in [3.8, 4) is 0 Å². The van der Waals surface area contributed by atoms with E-state index in [1.807, 2.05) is 13.8 Å². The molecule has 0 nitrogen and oxygen atoms in total. The van der Waals surface area contributed by atoms with E-state index in [2.05, 4.69) is 0 Å². The molecule has 7 heavy (non-hydrogen) atoms. The monoisotopic (exact) mass is 103 g/mol. The summed E-state index contributed by atoms with van der Waals surface area (Å²) in [6.07, 6.45) is 2.30. The molecule has 0 bridgehead atoms. The highest BCUT2D eigenvalue weighted by Gasteiger charge is 1.99. The lowest BCUT2D eigenvalue weighted by atomic mass is 10.2. The second-order valence-corrected chi connectivity index (χ2v) is 1.62. The van der Waals surface area contributed by atoms with Gasteiger partial charge in [0, 0.05) is 0 Å². The van der Waals surface area contributed by atoms with Crippen LogP contribution in [0.4, 0.5) is 4.39 Å². The molecular formula is C6H12F. The molecule has 0 fully saturated rings. The van der Waals surface area contributed by atoms with Gasteiger partial charge in [0.2, 0.25) is 0 Å². The molecule has 0 aromatic heterocycles. The van der Waals surface area contributed by atoms with Gasteiger partial charge in [0.25, 0.3) is 0 Å². The third-order valence-corrected chi connectivity index (χ3v) is 0.905. The van der Waals surface area contributed by atoms with E-state index in [0.717, 1.165) is 6.42 Å². The number of rotatable bonds is 3. The van der Waals surface area contributed by atoms with Gasteiger partial charge in [0.1, 0.15) is 6.17 Å². The maximum atomic E-state index is 12.0. The van der Waals surface area contributed by atoms with Gasteiger partial charge in [0.15, 0.2) is 0 Å². The fraction of sp³-hybridized carbons (Fsp3) is 0.833. The molecule has 0 aliphatic heterocycles. The average Bonchev–Trinajstić information content (AvgIpc) is 1.68. The zero-order valence-electron chi connectivity index (χ0n) is 5.00. The lowest BCUT2D eigenvalue weighted by Crippen LogP contribution is -1.82. The Hall–Kier alpha value is -0.0700. The maximum absolute atomic E-state index is 12.0. The average molecular weight is 103 g/mol. The van der Waals surface area contributed by atoms with Gasteiger partial charge >= 0.3 is 0 Å². The minimum Gasteiger partial charge on any atom is -0.240 e. The molecule has 0 rings (SSSR count). The van der Waals surface area contributed by atoms with Crippen LogP contribution in [0.3, 0.4) is 0 Å². The molecule has 0 N–H and O–H groups in total. The van der Waals surface area contributed by atoms with Gasteiger partial charge in [-0.3, -0.25) is 0 Å². The summed E-state index contributed by atoms with van der Waals surface area (Å²) in [6, 6.07) is 0. The van der Waals surface area contributed by atoms with E-state index in [4.69, 9.17) is 0 Å². The minimum absolute atomic E-state index is 0.127. The maximum Gasteiger partial charge on any atom is 0.144 e. The first-order valence-electron chi connectivity index (χ1n) is 2.81. The third kappa shape index (κ3) is 3.77. The minimum atomic E-state index is 0.127. The van der Waals surface area contributed by atoms with Gasteiger partial charge in [-0.15, -0.1) is 0 Å². The van der Waals surface area contributed by atoms with Crippen LogP contribution in [0, 0.1) is 6.17 Å². The molecule has 0 heterocycles. The molecule has 0 spiro atoms. The number of halogens is 1. The summed E-state index contributed by atoms with van der Waals surface area (Å²) in [5.41, 5.74) is 0. The van der Waals surface area contributed by atoms with Crippen LogP contribution in [0.5, 0.6) is 0 Å². The Morgan fingerprint density at radius 3 is 2.14 bits per heavy atom. The van der Waals surface area contributed by atoms with Gasteiger partial charge in [-0.25, -0.2) is 4.39 Å². The Kier molecular flexibility index (Phi) is 4.06. The first-order chi connectivity index (χ1) is 3.31. The van der Waals surface area contributed by atoms with Gasteiger partial charge in [-0.1, -0.05) is 20.3 Å². The summed E-state index contributed by atoms with van der Waals surface area (Å²) >= 11 is 0. The molecule has 0 aromatic carbocycles. The van der Waals surface area contributed by atoms with Crippen molar-refractivity contribution < 1.29 is 4.39 Å². The van der Waals surface area contributed by atoms with Crippen molar-refractivity contribution in [1.29, 1.82) is 0 Å². The Morgan fingerprint density at radius 2 is 2.00 bits per heavy atom. The smallest absolute Gasteiger partial charge is 0.144 e. The van der Waals surface area contributed by atoms with Crippen molar-refractivity contribution in [2.24, 2.45) is 0 Å². The molecular weight excluding hydrogens is 91.1 g/mol. The van der Waals surface area contributed by atoms with Crippen molar-refractivity contribution >= 4 is 0 Å². The Bertz CT molecular complexity index is 35.2. The van der Waals surface area contributed by atoms with Crippen molar-refractivity contribution in [1.82, 2.24) is 0 Å². The van der Waals surface area contributed by atoms with Crippen molar-refractivity contribution in [3.05, 3.63) is 6.17 Å². The van der Waals surface area contributed by atoms with E-state index in [1.165, 1.54) is 0 Å². The van der Waals surface area contributed by atoms with Crippen LogP contribution in [-0.2, 0) is 0 Å². The van der Waals surface area contributed by atoms with E-state index in [-0.39, 0.29) is 6.17 Å². The lowest BCUT2D eigenvalue weighted by Gasteiger charge is -1.96. The summed E-state index contributed by atoms with van der Waals surface area (Å²) in [5, 5.41) is 0. The zero-order chi connectivity index (χ0) is 5.70. The van der Waals surface area contributed by atoms with Gasteiger partial charge in [-0.05, 0) is 12.8 Å². The van der Waals surface area contributed by atoms with Crippen molar-refractivity contribution in [3.63, 3.8) is 0 Å². The molecule has 43 valence electrons. The van der Waals surface area contributed by atoms with E-state index < -0.39 is 0 Å². The summed E-state index contributed by atoms with van der Waals surface area (Å²) in [6.45, 7) is 3.82. The van der Waals surface area contributed by atoms with Crippen LogP contribution in [-0.4, -0.2) is 0 Å². The summed E-state index contributed by atoms with van der Waals surface area (Å²) in [4.78, 5) is 0. The molecule has 0 aliphatic rings. The summed E-state index contributed by atoms with van der Waals surface area (Å²) < 4.78 is 12.0. The molecule has 0 saturated carbocycles. The Balaban J connectivity index is 2.83. The van der Waals surface area contributed by atoms with Gasteiger partial charge in [0.05, 0.1) is 0 Å². The Morgan fingerprint density at radius 1 is 1.43 bits per heavy atom. The van der Waals surface area contributed by atoms with Crippen LogP contribution in [0.2, 0.25) is 0 Å². The summed E-state index contributed by atoms with van der Waals surface area (Å²) in [7, 11) is 0. The lowest BCUT2D eigenvalue weighted by molar-refractivity contribution is 0.435. The van der Waals surface area contributed by atoms with E-state index in [9.17, 15) is 4.39 Å². The first kappa shape index (κ1) is 6.93. The molecule has 1 radical (unpaired) electrons. The fourth-order valence-corrected chi connectivity index (χ4v) is 0.448. The van der Waals surface area contributed by atoms with Crippen molar-refractivity contribution in [2.45, 2.75) is 33.1 Å². The van der Waals surface area contributed by atoms with E-state index >= 15 is 0 Å². The molecule has 0 amide bonds. The number of hydrogen-bond donors (Lipinski definition) is 0. The van der Waals surface area contributed by atoms with Gasteiger partial charge in [-0.2, -0.15) is 0 Å².